The Labute approximate surface area is 85.7 Å². The van der Waals surface area contributed by atoms with Crippen LogP contribution in [0, 0.1) is 5.92 Å². The lowest BCUT2D eigenvalue weighted by Crippen LogP contribution is -2.00. The van der Waals surface area contributed by atoms with E-state index in [1.807, 2.05) is 6.07 Å². The van der Waals surface area contributed by atoms with E-state index in [1.54, 1.807) is 0 Å². The molecular weight excluding hydrogens is 176 g/mol. The molecule has 2 N–H and O–H groups in total. The van der Waals surface area contributed by atoms with Gasteiger partial charge < -0.3 is 10.3 Å². The van der Waals surface area contributed by atoms with E-state index in [0.29, 0.717) is 11.8 Å². The molecule has 0 aliphatic carbocycles. The Balaban J connectivity index is 2.54. The second-order valence-corrected chi connectivity index (χ2v) is 4.23. The van der Waals surface area contributed by atoms with E-state index < -0.39 is 0 Å². The molecule has 1 unspecified atom stereocenters. The lowest BCUT2D eigenvalue weighted by molar-refractivity contribution is 0.406. The van der Waals surface area contributed by atoms with Gasteiger partial charge in [0.15, 0.2) is 0 Å². The Kier molecular flexibility index (Phi) is 3.98. The maximum absolute atomic E-state index is 5.50. The van der Waals surface area contributed by atoms with Crippen molar-refractivity contribution in [2.24, 2.45) is 5.92 Å². The van der Waals surface area contributed by atoms with Crippen molar-refractivity contribution in [1.29, 1.82) is 0 Å². The Morgan fingerprint density at radius 2 is 2.14 bits per heavy atom. The molecule has 0 aliphatic rings. The molecule has 0 amide bonds. The molecule has 14 heavy (non-hydrogen) atoms. The summed E-state index contributed by atoms with van der Waals surface area (Å²) < 4.78 is 4.88. The van der Waals surface area contributed by atoms with Crippen LogP contribution >= 0.6 is 0 Å². The van der Waals surface area contributed by atoms with Crippen LogP contribution < -0.4 is 5.73 Å². The van der Waals surface area contributed by atoms with Crippen molar-refractivity contribution in [2.75, 3.05) is 5.73 Å². The van der Waals surface area contributed by atoms with Gasteiger partial charge >= 0.3 is 0 Å². The summed E-state index contributed by atoms with van der Waals surface area (Å²) in [6.45, 7) is 6.66. The molecule has 0 radical (unpaired) electrons. The SMILES string of the molecule is CCC(CCC(C)C)c1cc(N)on1. The van der Waals surface area contributed by atoms with Crippen LogP contribution in [-0.2, 0) is 0 Å². The number of hydrogen-bond donors (Lipinski definition) is 1. The minimum absolute atomic E-state index is 0.419. The van der Waals surface area contributed by atoms with Gasteiger partial charge in [0.05, 0.1) is 5.69 Å². The third-order valence-electron chi connectivity index (χ3n) is 2.55. The van der Waals surface area contributed by atoms with Crippen LogP contribution in [0.2, 0.25) is 0 Å². The number of nitrogens with zero attached hydrogens (tertiary/aromatic N) is 1. The zero-order chi connectivity index (χ0) is 10.6. The van der Waals surface area contributed by atoms with Crippen LogP contribution in [0.25, 0.3) is 0 Å². The molecule has 1 aromatic heterocycles. The maximum Gasteiger partial charge on any atom is 0.222 e. The van der Waals surface area contributed by atoms with E-state index in [2.05, 4.69) is 25.9 Å². The number of rotatable bonds is 5. The predicted octanol–water partition coefficient (Wildman–Crippen LogP) is 3.19. The van der Waals surface area contributed by atoms with Gasteiger partial charge in [0.2, 0.25) is 5.88 Å². The van der Waals surface area contributed by atoms with Gasteiger partial charge in [0.25, 0.3) is 0 Å². The van der Waals surface area contributed by atoms with Crippen molar-refractivity contribution in [3.8, 4) is 0 Å². The molecule has 0 aromatic carbocycles. The van der Waals surface area contributed by atoms with Crippen molar-refractivity contribution < 1.29 is 4.52 Å². The molecule has 0 aliphatic heterocycles. The summed E-state index contributed by atoms with van der Waals surface area (Å²) in [5, 5.41) is 3.96. The highest BCUT2D eigenvalue weighted by molar-refractivity contribution is 5.26. The normalized spacial score (nSPS) is 13.4. The number of hydrogen-bond acceptors (Lipinski definition) is 3. The fourth-order valence-electron chi connectivity index (χ4n) is 1.59. The van der Waals surface area contributed by atoms with Crippen molar-refractivity contribution in [1.82, 2.24) is 5.16 Å². The van der Waals surface area contributed by atoms with Crippen LogP contribution in [0.5, 0.6) is 0 Å². The Morgan fingerprint density at radius 1 is 1.43 bits per heavy atom. The maximum atomic E-state index is 5.50. The van der Waals surface area contributed by atoms with E-state index in [1.165, 1.54) is 12.8 Å². The third kappa shape index (κ3) is 3.05. The number of aromatic nitrogens is 1. The van der Waals surface area contributed by atoms with Crippen LogP contribution in [0.4, 0.5) is 5.88 Å². The smallest absolute Gasteiger partial charge is 0.222 e. The average molecular weight is 196 g/mol. The Bertz CT molecular complexity index is 268. The van der Waals surface area contributed by atoms with E-state index in [4.69, 9.17) is 10.3 Å². The van der Waals surface area contributed by atoms with E-state index in [9.17, 15) is 0 Å². The number of nitrogens with two attached hydrogens (primary N) is 1. The minimum Gasteiger partial charge on any atom is -0.368 e. The molecule has 3 heteroatoms. The van der Waals surface area contributed by atoms with Crippen LogP contribution in [-0.4, -0.2) is 5.16 Å². The fourth-order valence-corrected chi connectivity index (χ4v) is 1.59. The Hall–Kier alpha value is -0.990. The highest BCUT2D eigenvalue weighted by atomic mass is 16.5. The van der Waals surface area contributed by atoms with Crippen molar-refractivity contribution in [3.63, 3.8) is 0 Å². The van der Waals surface area contributed by atoms with Crippen molar-refractivity contribution in [2.45, 2.75) is 46.0 Å². The van der Waals surface area contributed by atoms with Gasteiger partial charge in [-0.2, -0.15) is 0 Å². The summed E-state index contributed by atoms with van der Waals surface area (Å²) in [4.78, 5) is 0. The molecule has 0 bridgehead atoms. The number of anilines is 1. The van der Waals surface area contributed by atoms with Crippen LogP contribution in [0.1, 0.15) is 51.6 Å². The lowest BCUT2D eigenvalue weighted by Gasteiger charge is -2.12. The minimum atomic E-state index is 0.419. The molecule has 1 atom stereocenters. The highest BCUT2D eigenvalue weighted by Crippen LogP contribution is 2.26. The molecule has 0 fully saturated rings. The quantitative estimate of drug-likeness (QED) is 0.786. The van der Waals surface area contributed by atoms with Gasteiger partial charge in [-0.3, -0.25) is 0 Å². The zero-order valence-electron chi connectivity index (χ0n) is 9.29. The van der Waals surface area contributed by atoms with Gasteiger partial charge in [-0.1, -0.05) is 32.3 Å². The Morgan fingerprint density at radius 3 is 2.57 bits per heavy atom. The summed E-state index contributed by atoms with van der Waals surface area (Å²) in [6.07, 6.45) is 3.49. The standard InChI is InChI=1S/C11H20N2O/c1-4-9(6-5-8(2)3)10-7-11(12)14-13-10/h7-9H,4-6,12H2,1-3H3. The fraction of sp³-hybridized carbons (Fsp3) is 0.727. The molecule has 80 valence electrons. The van der Waals surface area contributed by atoms with E-state index in [-0.39, 0.29) is 0 Å². The van der Waals surface area contributed by atoms with Gasteiger partial charge in [-0.05, 0) is 18.8 Å². The van der Waals surface area contributed by atoms with Crippen molar-refractivity contribution in [3.05, 3.63) is 11.8 Å². The molecular formula is C11H20N2O. The topological polar surface area (TPSA) is 52.0 Å². The summed E-state index contributed by atoms with van der Waals surface area (Å²) in [5.74, 6) is 1.66. The molecule has 1 heterocycles. The first-order chi connectivity index (χ1) is 6.63. The summed E-state index contributed by atoms with van der Waals surface area (Å²) in [5.41, 5.74) is 6.50. The second kappa shape index (κ2) is 5.03. The molecule has 1 aromatic rings. The zero-order valence-corrected chi connectivity index (χ0v) is 9.29. The molecule has 0 spiro atoms. The second-order valence-electron chi connectivity index (χ2n) is 4.23. The van der Waals surface area contributed by atoms with Gasteiger partial charge in [0.1, 0.15) is 0 Å². The first-order valence-corrected chi connectivity index (χ1v) is 5.35. The van der Waals surface area contributed by atoms with Crippen molar-refractivity contribution >= 4 is 5.88 Å². The molecule has 0 saturated heterocycles. The van der Waals surface area contributed by atoms with Crippen LogP contribution in [0.15, 0.2) is 10.6 Å². The largest absolute Gasteiger partial charge is 0.368 e. The van der Waals surface area contributed by atoms with Gasteiger partial charge in [0, 0.05) is 12.0 Å². The summed E-state index contributed by atoms with van der Waals surface area (Å²) >= 11 is 0. The molecule has 1 rings (SSSR count). The third-order valence-corrected chi connectivity index (χ3v) is 2.55. The van der Waals surface area contributed by atoms with Gasteiger partial charge in [-0.15, -0.1) is 0 Å². The molecule has 0 saturated carbocycles. The number of nitrogen functional groups attached to an aromatic ring is 1. The van der Waals surface area contributed by atoms with Gasteiger partial charge in [-0.25, -0.2) is 0 Å². The summed E-state index contributed by atoms with van der Waals surface area (Å²) in [7, 11) is 0. The molecule has 3 nitrogen and oxygen atoms in total. The van der Waals surface area contributed by atoms with E-state index in [0.717, 1.165) is 18.0 Å². The lowest BCUT2D eigenvalue weighted by atomic mass is 9.93. The highest BCUT2D eigenvalue weighted by Gasteiger charge is 2.14. The average Bonchev–Trinajstić information content (AvgIpc) is 2.53. The predicted molar refractivity (Wildman–Crippen MR) is 58.0 cm³/mol. The van der Waals surface area contributed by atoms with Crippen LogP contribution in [0.3, 0.4) is 0 Å². The first kappa shape index (κ1) is 11.1. The van der Waals surface area contributed by atoms with E-state index >= 15 is 0 Å². The first-order valence-electron chi connectivity index (χ1n) is 5.35. The summed E-state index contributed by atoms with van der Waals surface area (Å²) in [6, 6.07) is 1.84. The monoisotopic (exact) mass is 196 g/mol.